The van der Waals surface area contributed by atoms with Gasteiger partial charge in [-0.3, -0.25) is 9.48 Å². The van der Waals surface area contributed by atoms with Gasteiger partial charge in [-0.1, -0.05) is 25.4 Å². The van der Waals surface area contributed by atoms with Crippen LogP contribution >= 0.6 is 11.6 Å². The van der Waals surface area contributed by atoms with Crippen molar-refractivity contribution in [3.63, 3.8) is 0 Å². The van der Waals surface area contributed by atoms with Crippen molar-refractivity contribution in [2.24, 2.45) is 17.6 Å². The minimum absolute atomic E-state index is 0.0730. The van der Waals surface area contributed by atoms with Crippen LogP contribution < -0.4 is 5.73 Å². The number of nitrogens with two attached hydrogens (primary N) is 1. The van der Waals surface area contributed by atoms with Gasteiger partial charge in [-0.2, -0.15) is 5.10 Å². The molecule has 2 N–H and O–H groups in total. The lowest BCUT2D eigenvalue weighted by atomic mass is 9.87. The number of carbonyl (C=O) groups is 1. The lowest BCUT2D eigenvalue weighted by molar-refractivity contribution is 0.0957. The van der Waals surface area contributed by atoms with Crippen LogP contribution in [0.25, 0.3) is 0 Å². The fourth-order valence-corrected chi connectivity index (χ4v) is 2.69. The second kappa shape index (κ2) is 7.79. The molecule has 0 fully saturated rings. The molecule has 1 atom stereocenters. The van der Waals surface area contributed by atoms with E-state index in [1.165, 1.54) is 0 Å². The molecule has 0 saturated heterocycles. The van der Waals surface area contributed by atoms with E-state index in [4.69, 9.17) is 17.3 Å². The van der Waals surface area contributed by atoms with Gasteiger partial charge in [0.05, 0.1) is 11.2 Å². The van der Waals surface area contributed by atoms with Gasteiger partial charge < -0.3 is 5.73 Å². The number of nitrogens with zero attached hydrogens (tertiary/aromatic N) is 2. The Balaban J connectivity index is 2.74. The zero-order valence-electron chi connectivity index (χ0n) is 12.9. The first-order chi connectivity index (χ1) is 9.38. The van der Waals surface area contributed by atoms with E-state index in [0.29, 0.717) is 35.5 Å². The Hall–Kier alpha value is -0.870. The molecular formula is C15H26ClN3O. The summed E-state index contributed by atoms with van der Waals surface area (Å²) in [6.45, 7) is 9.00. The van der Waals surface area contributed by atoms with Crippen LogP contribution in [-0.2, 0) is 0 Å². The van der Waals surface area contributed by atoms with Crippen LogP contribution in [0, 0.1) is 11.8 Å². The molecule has 0 amide bonds. The van der Waals surface area contributed by atoms with Crippen LogP contribution in [0.15, 0.2) is 6.20 Å². The summed E-state index contributed by atoms with van der Waals surface area (Å²) in [5, 5.41) is 4.63. The molecule has 1 unspecified atom stereocenters. The van der Waals surface area contributed by atoms with E-state index in [2.05, 4.69) is 18.9 Å². The average molecular weight is 300 g/mol. The van der Waals surface area contributed by atoms with Gasteiger partial charge in [0.15, 0.2) is 5.78 Å². The van der Waals surface area contributed by atoms with E-state index in [9.17, 15) is 4.79 Å². The summed E-state index contributed by atoms with van der Waals surface area (Å²) in [5.41, 5.74) is 6.17. The van der Waals surface area contributed by atoms with Crippen LogP contribution in [0.4, 0.5) is 0 Å². The summed E-state index contributed by atoms with van der Waals surface area (Å²) >= 11 is 6.10. The summed E-state index contributed by atoms with van der Waals surface area (Å²) < 4.78 is 1.71. The summed E-state index contributed by atoms with van der Waals surface area (Å²) in [5.74, 6) is 1.10. The molecule has 1 aromatic heterocycles. The predicted octanol–water partition coefficient (Wildman–Crippen LogP) is 3.70. The van der Waals surface area contributed by atoms with Crippen molar-refractivity contribution in [1.29, 1.82) is 0 Å². The van der Waals surface area contributed by atoms with Crippen molar-refractivity contribution in [3.8, 4) is 0 Å². The highest BCUT2D eigenvalue weighted by atomic mass is 35.5. The van der Waals surface area contributed by atoms with Gasteiger partial charge in [0, 0.05) is 12.5 Å². The maximum Gasteiger partial charge on any atom is 0.182 e. The van der Waals surface area contributed by atoms with Crippen LogP contribution in [0.1, 0.15) is 63.5 Å². The SMILES string of the molecule is CC(C)C(CCN)CCC(=O)c1c(Cl)cnn1C(C)C. The van der Waals surface area contributed by atoms with Crippen molar-refractivity contribution in [1.82, 2.24) is 9.78 Å². The molecule has 0 aliphatic carbocycles. The first-order valence-electron chi connectivity index (χ1n) is 7.34. The molecular weight excluding hydrogens is 274 g/mol. The maximum atomic E-state index is 12.4. The Morgan fingerprint density at radius 2 is 2.00 bits per heavy atom. The second-order valence-corrected chi connectivity index (χ2v) is 6.33. The summed E-state index contributed by atoms with van der Waals surface area (Å²) in [6.07, 6.45) is 3.87. The lowest BCUT2D eigenvalue weighted by Crippen LogP contribution is -2.18. The molecule has 0 bridgehead atoms. The first-order valence-corrected chi connectivity index (χ1v) is 7.72. The van der Waals surface area contributed by atoms with Gasteiger partial charge in [0.2, 0.25) is 0 Å². The van der Waals surface area contributed by atoms with E-state index >= 15 is 0 Å². The highest BCUT2D eigenvalue weighted by Gasteiger charge is 2.21. The zero-order chi connectivity index (χ0) is 15.3. The Bertz CT molecular complexity index is 440. The number of Topliss-reactive ketones (excluding diaryl/α,β-unsaturated/α-hetero) is 1. The van der Waals surface area contributed by atoms with Gasteiger partial charge in [-0.25, -0.2) is 0 Å². The standard InChI is InChI=1S/C15H26ClN3O/c1-10(2)12(7-8-17)5-6-14(20)15-13(16)9-18-19(15)11(3)4/h9-12H,5-8,17H2,1-4H3. The number of ketones is 1. The highest BCUT2D eigenvalue weighted by Crippen LogP contribution is 2.25. The molecule has 0 aliphatic heterocycles. The molecule has 5 heteroatoms. The molecule has 114 valence electrons. The van der Waals surface area contributed by atoms with Crippen LogP contribution in [0.5, 0.6) is 0 Å². The fourth-order valence-electron chi connectivity index (χ4n) is 2.45. The van der Waals surface area contributed by atoms with Gasteiger partial charge in [0.1, 0.15) is 5.69 Å². The smallest absolute Gasteiger partial charge is 0.182 e. The Morgan fingerprint density at radius 3 is 2.50 bits per heavy atom. The number of hydrogen-bond donors (Lipinski definition) is 1. The van der Waals surface area contributed by atoms with Gasteiger partial charge >= 0.3 is 0 Å². The number of aromatic nitrogens is 2. The minimum Gasteiger partial charge on any atom is -0.330 e. The van der Waals surface area contributed by atoms with Crippen molar-refractivity contribution < 1.29 is 4.79 Å². The second-order valence-electron chi connectivity index (χ2n) is 5.92. The first kappa shape index (κ1) is 17.2. The summed E-state index contributed by atoms with van der Waals surface area (Å²) in [7, 11) is 0. The third-order valence-corrected chi connectivity index (χ3v) is 4.00. The van der Waals surface area contributed by atoms with Crippen LogP contribution in [-0.4, -0.2) is 22.1 Å². The molecule has 1 rings (SSSR count). The molecule has 20 heavy (non-hydrogen) atoms. The van der Waals surface area contributed by atoms with Gasteiger partial charge in [-0.15, -0.1) is 0 Å². The number of hydrogen-bond acceptors (Lipinski definition) is 3. The fraction of sp³-hybridized carbons (Fsp3) is 0.733. The molecule has 4 nitrogen and oxygen atoms in total. The normalized spacial score (nSPS) is 13.2. The monoisotopic (exact) mass is 299 g/mol. The summed E-state index contributed by atoms with van der Waals surface area (Å²) in [4.78, 5) is 12.4. The van der Waals surface area contributed by atoms with Crippen LogP contribution in [0.3, 0.4) is 0 Å². The van der Waals surface area contributed by atoms with Gasteiger partial charge in [-0.05, 0) is 45.1 Å². The molecule has 1 aromatic rings. The van der Waals surface area contributed by atoms with Crippen molar-refractivity contribution in [2.75, 3.05) is 6.54 Å². The zero-order valence-corrected chi connectivity index (χ0v) is 13.7. The quantitative estimate of drug-likeness (QED) is 0.745. The minimum atomic E-state index is 0.0730. The van der Waals surface area contributed by atoms with E-state index < -0.39 is 0 Å². The Labute approximate surface area is 126 Å². The molecule has 0 radical (unpaired) electrons. The summed E-state index contributed by atoms with van der Waals surface area (Å²) in [6, 6.07) is 0.131. The number of halogens is 1. The van der Waals surface area contributed by atoms with Crippen molar-refractivity contribution in [2.45, 2.75) is 53.0 Å². The number of rotatable bonds is 8. The van der Waals surface area contributed by atoms with E-state index in [1.807, 2.05) is 13.8 Å². The van der Waals surface area contributed by atoms with Crippen molar-refractivity contribution >= 4 is 17.4 Å². The van der Waals surface area contributed by atoms with Crippen molar-refractivity contribution in [3.05, 3.63) is 16.9 Å². The molecule has 0 aliphatic rings. The maximum absolute atomic E-state index is 12.4. The predicted molar refractivity (Wildman–Crippen MR) is 83.2 cm³/mol. The van der Waals surface area contributed by atoms with E-state index in [0.717, 1.165) is 12.8 Å². The molecule has 1 heterocycles. The molecule has 0 saturated carbocycles. The topological polar surface area (TPSA) is 60.9 Å². The highest BCUT2D eigenvalue weighted by molar-refractivity contribution is 6.33. The molecule has 0 spiro atoms. The third kappa shape index (κ3) is 4.32. The van der Waals surface area contributed by atoms with E-state index in [1.54, 1.807) is 10.9 Å². The van der Waals surface area contributed by atoms with Crippen LogP contribution in [0.2, 0.25) is 5.02 Å². The van der Waals surface area contributed by atoms with Gasteiger partial charge in [0.25, 0.3) is 0 Å². The molecule has 0 aromatic carbocycles. The largest absolute Gasteiger partial charge is 0.330 e. The third-order valence-electron chi connectivity index (χ3n) is 3.73. The lowest BCUT2D eigenvalue weighted by Gasteiger charge is -2.20. The Morgan fingerprint density at radius 1 is 1.35 bits per heavy atom. The van der Waals surface area contributed by atoms with E-state index in [-0.39, 0.29) is 11.8 Å². The average Bonchev–Trinajstić information content (AvgIpc) is 2.75. The number of carbonyl (C=O) groups excluding carboxylic acids is 1. The Kier molecular flexibility index (Phi) is 6.69.